The van der Waals surface area contributed by atoms with Crippen molar-refractivity contribution >= 4 is 39.0 Å². The minimum absolute atomic E-state index is 0.188. The number of allylic oxidation sites excluding steroid dienone is 1. The third-order valence-corrected chi connectivity index (χ3v) is 8.22. The van der Waals surface area contributed by atoms with E-state index in [0.717, 1.165) is 22.5 Å². The summed E-state index contributed by atoms with van der Waals surface area (Å²) in [6, 6.07) is 11.7. The van der Waals surface area contributed by atoms with E-state index in [1.54, 1.807) is 44.2 Å². The number of methoxy groups -OCH3 is 1. The summed E-state index contributed by atoms with van der Waals surface area (Å²) in [7, 11) is -2.99. The number of anilines is 1. The van der Waals surface area contributed by atoms with Crippen molar-refractivity contribution in [3.63, 3.8) is 0 Å². The average Bonchev–Trinajstić information content (AvgIpc) is 2.83. The second-order valence-corrected chi connectivity index (χ2v) is 10.5. The summed E-state index contributed by atoms with van der Waals surface area (Å²) in [6.07, 6.45) is 0.842. The molecule has 0 aromatic heterocycles. The van der Waals surface area contributed by atoms with E-state index in [4.69, 9.17) is 21.1 Å². The van der Waals surface area contributed by atoms with Crippen molar-refractivity contribution in [2.24, 2.45) is 0 Å². The average molecular weight is 536 g/mol. The Morgan fingerprint density at radius 2 is 1.92 bits per heavy atom. The maximum absolute atomic E-state index is 14.4. The van der Waals surface area contributed by atoms with Gasteiger partial charge < -0.3 is 14.6 Å². The van der Waals surface area contributed by atoms with Gasteiger partial charge in [0.25, 0.3) is 10.0 Å². The van der Waals surface area contributed by atoms with E-state index in [-0.39, 0.29) is 32.7 Å². The normalized spacial score (nSPS) is 18.0. The molecule has 0 unspecified atom stereocenters. The second-order valence-electron chi connectivity index (χ2n) is 8.33. The Morgan fingerprint density at radius 1 is 1.17 bits per heavy atom. The molecule has 2 atom stereocenters. The molecule has 10 heteroatoms. The topological polar surface area (TPSA) is 76.1 Å². The molecule has 36 heavy (non-hydrogen) atoms. The Hall–Kier alpha value is -3.14. The monoisotopic (exact) mass is 535 g/mol. The van der Waals surface area contributed by atoms with Gasteiger partial charge in [0.15, 0.2) is 11.6 Å². The van der Waals surface area contributed by atoms with Crippen molar-refractivity contribution in [1.82, 2.24) is 0 Å². The predicted molar refractivity (Wildman–Crippen MR) is 135 cm³/mol. The fourth-order valence-electron chi connectivity index (χ4n) is 4.18. The predicted octanol–water partition coefficient (Wildman–Crippen LogP) is 5.52. The van der Waals surface area contributed by atoms with Crippen LogP contribution in [0.1, 0.15) is 25.0 Å². The fraction of sp³-hybridized carbons (Fsp3) is 0.231. The van der Waals surface area contributed by atoms with Crippen LogP contribution >= 0.6 is 11.6 Å². The molecule has 4 rings (SSSR count). The first-order valence-electron chi connectivity index (χ1n) is 11.0. The van der Waals surface area contributed by atoms with Crippen molar-refractivity contribution in [3.05, 3.63) is 82.4 Å². The van der Waals surface area contributed by atoms with Gasteiger partial charge >= 0.3 is 0 Å². The number of rotatable bonds is 6. The lowest BCUT2D eigenvalue weighted by Crippen LogP contribution is -2.52. The van der Waals surface area contributed by atoms with Gasteiger partial charge in [0.1, 0.15) is 17.7 Å². The molecule has 0 bridgehead atoms. The number of nitrogens with zero attached hydrogens (tertiary/aromatic N) is 1. The molecular formula is C26H24ClF2NO5S. The van der Waals surface area contributed by atoms with Gasteiger partial charge in [-0.25, -0.2) is 17.2 Å². The molecule has 1 heterocycles. The lowest BCUT2D eigenvalue weighted by Gasteiger charge is -2.40. The van der Waals surface area contributed by atoms with Gasteiger partial charge in [0, 0.05) is 11.6 Å². The maximum atomic E-state index is 14.4. The minimum atomic E-state index is -4.23. The molecule has 0 saturated heterocycles. The summed E-state index contributed by atoms with van der Waals surface area (Å²) in [5.74, 6) is -1.16. The van der Waals surface area contributed by atoms with E-state index in [0.29, 0.717) is 11.1 Å². The first kappa shape index (κ1) is 25.9. The van der Waals surface area contributed by atoms with Crippen LogP contribution in [-0.2, 0) is 10.0 Å². The van der Waals surface area contributed by atoms with Gasteiger partial charge in [-0.15, -0.1) is 0 Å². The Bertz CT molecular complexity index is 1420. The van der Waals surface area contributed by atoms with Crippen molar-refractivity contribution in [1.29, 1.82) is 0 Å². The summed E-state index contributed by atoms with van der Waals surface area (Å²) in [5, 5.41) is 10.1. The Kier molecular flexibility index (Phi) is 7.26. The Balaban J connectivity index is 1.85. The van der Waals surface area contributed by atoms with Crippen LogP contribution in [-0.4, -0.2) is 39.4 Å². The van der Waals surface area contributed by atoms with Crippen LogP contribution in [0.4, 0.5) is 14.5 Å². The van der Waals surface area contributed by atoms with Gasteiger partial charge in [-0.05, 0) is 61.4 Å². The van der Waals surface area contributed by atoms with Gasteiger partial charge in [-0.1, -0.05) is 29.8 Å². The molecule has 3 aromatic rings. The number of hydrogen-bond acceptors (Lipinski definition) is 5. The number of halogens is 3. The summed E-state index contributed by atoms with van der Waals surface area (Å²) < 4.78 is 67.9. The quantitative estimate of drug-likeness (QED) is 0.420. The molecule has 3 aromatic carbocycles. The molecule has 6 nitrogen and oxygen atoms in total. The molecule has 1 aliphatic heterocycles. The first-order valence-corrected chi connectivity index (χ1v) is 12.8. The van der Waals surface area contributed by atoms with Crippen LogP contribution in [0, 0.1) is 11.6 Å². The zero-order valence-electron chi connectivity index (χ0n) is 19.7. The van der Waals surface area contributed by atoms with Crippen molar-refractivity contribution in [2.45, 2.75) is 30.9 Å². The third kappa shape index (κ3) is 4.66. The second kappa shape index (κ2) is 10.1. The molecule has 1 aliphatic rings. The number of ether oxygens (including phenoxy) is 2. The molecule has 0 spiro atoms. The largest absolute Gasteiger partial charge is 0.494 e. The van der Waals surface area contributed by atoms with E-state index in [2.05, 4.69) is 0 Å². The zero-order valence-corrected chi connectivity index (χ0v) is 21.3. The minimum Gasteiger partial charge on any atom is -0.494 e. The highest BCUT2D eigenvalue weighted by atomic mass is 35.5. The van der Waals surface area contributed by atoms with E-state index < -0.39 is 40.4 Å². The fourth-order valence-corrected chi connectivity index (χ4v) is 6.19. The van der Waals surface area contributed by atoms with Gasteiger partial charge in [-0.2, -0.15) is 0 Å². The summed E-state index contributed by atoms with van der Waals surface area (Å²) in [4.78, 5) is -0.188. The number of benzene rings is 3. The molecule has 190 valence electrons. The summed E-state index contributed by atoms with van der Waals surface area (Å²) in [5.41, 5.74) is 1.57. The molecule has 0 amide bonds. The lowest BCUT2D eigenvalue weighted by atomic mass is 10.0. The van der Waals surface area contributed by atoms with E-state index in [9.17, 15) is 22.3 Å². The molecule has 0 aliphatic carbocycles. The zero-order chi connectivity index (χ0) is 26.2. The summed E-state index contributed by atoms with van der Waals surface area (Å²) >= 11 is 6.19. The smallest absolute Gasteiger partial charge is 0.264 e. The van der Waals surface area contributed by atoms with Crippen LogP contribution in [0.2, 0.25) is 5.02 Å². The molecule has 0 saturated carbocycles. The molecular weight excluding hydrogens is 512 g/mol. The third-order valence-electron chi connectivity index (χ3n) is 6.01. The number of hydrogen-bond donors (Lipinski definition) is 1. The molecule has 0 radical (unpaired) electrons. The molecule has 1 N–H and O–H groups in total. The van der Waals surface area contributed by atoms with Crippen LogP contribution < -0.4 is 13.8 Å². The van der Waals surface area contributed by atoms with Crippen LogP contribution in [0.3, 0.4) is 0 Å². The van der Waals surface area contributed by atoms with E-state index in [1.165, 1.54) is 19.2 Å². The highest BCUT2D eigenvalue weighted by molar-refractivity contribution is 7.92. The molecule has 0 fully saturated rings. The Morgan fingerprint density at radius 3 is 2.58 bits per heavy atom. The van der Waals surface area contributed by atoms with E-state index in [1.807, 2.05) is 0 Å². The number of sulfonamides is 1. The van der Waals surface area contributed by atoms with Crippen LogP contribution in [0.5, 0.6) is 11.5 Å². The van der Waals surface area contributed by atoms with Crippen molar-refractivity contribution in [3.8, 4) is 11.5 Å². The highest BCUT2D eigenvalue weighted by Crippen LogP contribution is 2.41. The maximum Gasteiger partial charge on any atom is 0.264 e. The van der Waals surface area contributed by atoms with Gasteiger partial charge in [-0.3, -0.25) is 4.31 Å². The SMILES string of the molecule is COc1cc(S(=O)(=O)N2c3cc(C=C(C)c4c(F)cccc4Cl)ccc3O[C@@H](CO)[C@H]2C)ccc1F. The lowest BCUT2D eigenvalue weighted by molar-refractivity contribution is 0.0925. The van der Waals surface area contributed by atoms with Gasteiger partial charge in [0.05, 0.1) is 35.4 Å². The number of aliphatic hydroxyl groups is 1. The summed E-state index contributed by atoms with van der Waals surface area (Å²) in [6.45, 7) is 2.88. The van der Waals surface area contributed by atoms with Crippen molar-refractivity contribution < 1.29 is 31.8 Å². The van der Waals surface area contributed by atoms with E-state index >= 15 is 0 Å². The highest BCUT2D eigenvalue weighted by Gasteiger charge is 2.40. The van der Waals surface area contributed by atoms with Crippen LogP contribution in [0.25, 0.3) is 11.6 Å². The van der Waals surface area contributed by atoms with Crippen molar-refractivity contribution in [2.75, 3.05) is 18.0 Å². The Labute approximate surface area is 213 Å². The van der Waals surface area contributed by atoms with Crippen LogP contribution in [0.15, 0.2) is 59.5 Å². The first-order chi connectivity index (χ1) is 17.1. The number of aliphatic hydroxyl groups excluding tert-OH is 1. The standard InChI is InChI=1S/C26H24ClF2NO5S/c1-15(26-19(27)5-4-6-21(26)29)11-17-7-10-23-22(12-17)30(16(2)25(14-31)35-23)36(32,33)18-8-9-20(28)24(13-18)34-3/h4-13,16,25,31H,14H2,1-3H3/t16-,25+/m1/s1. The van der Waals surface area contributed by atoms with Gasteiger partial charge in [0.2, 0.25) is 0 Å². The number of fused-ring (bicyclic) bond motifs is 1.